The molecule has 0 aliphatic rings. The molecule has 0 fully saturated rings. The maximum absolute atomic E-state index is 14.6. The number of halogens is 10. The summed E-state index contributed by atoms with van der Waals surface area (Å²) in [5.74, 6) is -6.13. The van der Waals surface area contributed by atoms with Crippen LogP contribution in [-0.2, 0) is 6.18 Å². The minimum absolute atomic E-state index is 0.0000985. The Bertz CT molecular complexity index is 994. The first kappa shape index (κ1) is 24.5. The van der Waals surface area contributed by atoms with Crippen LogP contribution in [0.3, 0.4) is 0 Å². The Morgan fingerprint density at radius 3 is 2.13 bits per heavy atom. The molecular formula is C18H8BrCl2F7O2. The van der Waals surface area contributed by atoms with Crippen LogP contribution in [0.2, 0.25) is 10.0 Å². The quantitative estimate of drug-likeness (QED) is 0.314. The van der Waals surface area contributed by atoms with Crippen molar-refractivity contribution >= 4 is 50.9 Å². The minimum Gasteiger partial charge on any atom is -0.478 e. The van der Waals surface area contributed by atoms with Gasteiger partial charge in [-0.05, 0) is 51.8 Å². The molecule has 0 amide bonds. The third-order valence-corrected chi connectivity index (χ3v) is 5.52. The summed E-state index contributed by atoms with van der Waals surface area (Å²) in [6.07, 6.45) is -10.1. The molecule has 1 N–H and O–H groups in total. The molecule has 0 radical (unpaired) electrons. The first-order chi connectivity index (χ1) is 13.6. The number of alkyl halides is 6. The zero-order valence-corrected chi connectivity index (χ0v) is 17.3. The zero-order valence-electron chi connectivity index (χ0n) is 14.2. The number of hydrogen-bond donors (Lipinski definition) is 1. The average Bonchev–Trinajstić information content (AvgIpc) is 2.61. The lowest BCUT2D eigenvalue weighted by atomic mass is 9.95. The van der Waals surface area contributed by atoms with Crippen LogP contribution in [0.25, 0.3) is 5.83 Å². The van der Waals surface area contributed by atoms with Crippen LogP contribution in [-0.4, -0.2) is 17.3 Å². The van der Waals surface area contributed by atoms with Crippen LogP contribution in [0, 0.1) is 0 Å². The molecule has 1 atom stereocenters. The highest BCUT2D eigenvalue weighted by Gasteiger charge is 2.41. The highest BCUT2D eigenvalue weighted by Crippen LogP contribution is 2.42. The second-order valence-electron chi connectivity index (χ2n) is 5.90. The smallest absolute Gasteiger partial charge is 0.417 e. The lowest BCUT2D eigenvalue weighted by Gasteiger charge is -2.19. The van der Waals surface area contributed by atoms with Crippen molar-refractivity contribution in [1.82, 2.24) is 0 Å². The van der Waals surface area contributed by atoms with Crippen LogP contribution in [0.15, 0.2) is 40.9 Å². The number of hydrogen-bond acceptors (Lipinski definition) is 1. The molecule has 0 saturated carbocycles. The molecule has 0 bridgehead atoms. The summed E-state index contributed by atoms with van der Waals surface area (Å²) in [7, 11) is 0. The van der Waals surface area contributed by atoms with Crippen LogP contribution in [0.5, 0.6) is 0 Å². The van der Waals surface area contributed by atoms with E-state index in [0.717, 1.165) is 12.1 Å². The predicted octanol–water partition coefficient (Wildman–Crippen LogP) is 8.13. The summed E-state index contributed by atoms with van der Waals surface area (Å²) in [4.78, 5) is 11.0. The van der Waals surface area contributed by atoms with E-state index >= 15 is 0 Å². The van der Waals surface area contributed by atoms with Crippen molar-refractivity contribution in [3.05, 3.63) is 73.2 Å². The molecule has 2 aromatic carbocycles. The minimum atomic E-state index is -5.16. The molecule has 0 saturated heterocycles. The molecule has 162 valence electrons. The fraction of sp³-hybridized carbons (Fsp3) is 0.167. The van der Waals surface area contributed by atoms with Gasteiger partial charge in [-0.25, -0.2) is 9.18 Å². The fourth-order valence-electron chi connectivity index (χ4n) is 2.49. The Hall–Kier alpha value is -1.78. The molecule has 0 heterocycles. The molecule has 2 aromatic rings. The topological polar surface area (TPSA) is 37.3 Å². The van der Waals surface area contributed by atoms with Gasteiger partial charge in [0.15, 0.2) is 0 Å². The van der Waals surface area contributed by atoms with E-state index in [-0.39, 0.29) is 26.7 Å². The normalized spacial score (nSPS) is 14.0. The summed E-state index contributed by atoms with van der Waals surface area (Å²) in [6.45, 7) is 0. The summed E-state index contributed by atoms with van der Waals surface area (Å²) in [5, 5.41) is 8.51. The lowest BCUT2D eigenvalue weighted by Crippen LogP contribution is -2.19. The Kier molecular flexibility index (Phi) is 7.15. The Morgan fingerprint density at radius 2 is 1.67 bits per heavy atom. The van der Waals surface area contributed by atoms with Crippen molar-refractivity contribution in [3.63, 3.8) is 0 Å². The van der Waals surface area contributed by atoms with E-state index < -0.39 is 52.3 Å². The van der Waals surface area contributed by atoms with Crippen molar-refractivity contribution in [2.45, 2.75) is 18.3 Å². The number of carboxylic acid groups (broad SMARTS) is 1. The monoisotopic (exact) mass is 538 g/mol. The highest BCUT2D eigenvalue weighted by molar-refractivity contribution is 9.10. The molecule has 0 aliphatic heterocycles. The van der Waals surface area contributed by atoms with E-state index in [1.165, 1.54) is 0 Å². The second kappa shape index (κ2) is 8.76. The summed E-state index contributed by atoms with van der Waals surface area (Å²) in [5.41, 5.74) is -4.26. The molecule has 2 rings (SSSR count). The van der Waals surface area contributed by atoms with Gasteiger partial charge < -0.3 is 5.11 Å². The van der Waals surface area contributed by atoms with Gasteiger partial charge in [0, 0.05) is 10.0 Å². The van der Waals surface area contributed by atoms with Gasteiger partial charge in [0.2, 0.25) is 0 Å². The number of benzene rings is 2. The molecule has 1 unspecified atom stereocenters. The van der Waals surface area contributed by atoms with E-state index in [0.29, 0.717) is 12.1 Å². The Labute approximate surface area is 183 Å². The van der Waals surface area contributed by atoms with E-state index in [2.05, 4.69) is 15.9 Å². The molecule has 2 nitrogen and oxygen atoms in total. The van der Waals surface area contributed by atoms with Gasteiger partial charge in [-0.15, -0.1) is 0 Å². The molecule has 12 heteroatoms. The molecule has 0 spiro atoms. The van der Waals surface area contributed by atoms with E-state index in [1.54, 1.807) is 0 Å². The number of carboxylic acids is 1. The first-order valence-electron chi connectivity index (χ1n) is 7.66. The first-order valence-corrected chi connectivity index (χ1v) is 9.21. The van der Waals surface area contributed by atoms with Crippen molar-refractivity contribution in [2.24, 2.45) is 0 Å². The van der Waals surface area contributed by atoms with E-state index in [1.807, 2.05) is 0 Å². The second-order valence-corrected chi connectivity index (χ2v) is 7.54. The number of rotatable bonds is 4. The van der Waals surface area contributed by atoms with Gasteiger partial charge >= 0.3 is 18.3 Å². The van der Waals surface area contributed by atoms with E-state index in [9.17, 15) is 35.5 Å². The Balaban J connectivity index is 2.62. The Morgan fingerprint density at radius 1 is 1.07 bits per heavy atom. The average molecular weight is 540 g/mol. The number of allylic oxidation sites excluding steroid dienone is 1. The van der Waals surface area contributed by atoms with Gasteiger partial charge in [0.1, 0.15) is 11.7 Å². The number of carbonyl (C=O) groups is 1. The highest BCUT2D eigenvalue weighted by atomic mass is 79.9. The van der Waals surface area contributed by atoms with Crippen LogP contribution >= 0.6 is 39.1 Å². The standard InChI is InChI=1S/C18H8BrCl2F7O2/c19-12-4-8(5-13(20)15(12)21)10(17(23,24)25)6-14(22)7-1-2-9(16(29)30)11(3-7)18(26,27)28/h1-6,10H,(H,29,30)/b14-6-. The van der Waals surface area contributed by atoms with Crippen LogP contribution < -0.4 is 0 Å². The molecule has 30 heavy (non-hydrogen) atoms. The van der Waals surface area contributed by atoms with Gasteiger partial charge in [-0.3, -0.25) is 0 Å². The van der Waals surface area contributed by atoms with Crippen molar-refractivity contribution < 1.29 is 40.6 Å². The predicted molar refractivity (Wildman–Crippen MR) is 100 cm³/mol. The van der Waals surface area contributed by atoms with Crippen LogP contribution in [0.1, 0.15) is 33.0 Å². The molecule has 0 aromatic heterocycles. The SMILES string of the molecule is O=C(O)c1ccc(/C(F)=C/C(c2cc(Cl)c(Cl)c(Br)c2)C(F)(F)F)cc1C(F)(F)F. The van der Waals surface area contributed by atoms with Gasteiger partial charge in [-0.2, -0.15) is 26.3 Å². The molecular weight excluding hydrogens is 532 g/mol. The fourth-order valence-corrected chi connectivity index (χ4v) is 3.42. The van der Waals surface area contributed by atoms with Gasteiger partial charge in [0.25, 0.3) is 0 Å². The molecule has 0 aliphatic carbocycles. The van der Waals surface area contributed by atoms with Crippen LogP contribution in [0.4, 0.5) is 30.7 Å². The van der Waals surface area contributed by atoms with Crippen molar-refractivity contribution in [1.29, 1.82) is 0 Å². The summed E-state index contributed by atoms with van der Waals surface area (Å²) >= 11 is 14.4. The zero-order chi connectivity index (χ0) is 23.0. The third-order valence-electron chi connectivity index (χ3n) is 3.86. The summed E-state index contributed by atoms with van der Waals surface area (Å²) in [6, 6.07) is 3.04. The summed E-state index contributed by atoms with van der Waals surface area (Å²) < 4.78 is 94.4. The number of aromatic carboxylic acids is 1. The van der Waals surface area contributed by atoms with Crippen molar-refractivity contribution in [3.8, 4) is 0 Å². The van der Waals surface area contributed by atoms with E-state index in [4.69, 9.17) is 28.3 Å². The third kappa shape index (κ3) is 5.47. The maximum atomic E-state index is 14.6. The van der Waals surface area contributed by atoms with Gasteiger partial charge in [0.05, 0.1) is 21.2 Å². The van der Waals surface area contributed by atoms with Gasteiger partial charge in [-0.1, -0.05) is 29.3 Å². The lowest BCUT2D eigenvalue weighted by molar-refractivity contribution is -0.140. The van der Waals surface area contributed by atoms with Crippen molar-refractivity contribution in [2.75, 3.05) is 0 Å². The largest absolute Gasteiger partial charge is 0.478 e. The maximum Gasteiger partial charge on any atom is 0.417 e.